The number of carbonyl (C=O) groups is 5. The average molecular weight is 384 g/mol. The molecule has 1 aliphatic carbocycles. The van der Waals surface area contributed by atoms with Gasteiger partial charge < -0.3 is 10.6 Å². The standard InChI is InChI=1S/C19H20N4O5/c24-14-7-6-13(17(26)22-14)23-18(27)11-2-1-3-12(15(11)19(23)28)20-8-9-21-16(25)10-4-5-10/h1-3,10,13,20H,4-9H2,(H,21,25)(H,22,24,26). The summed E-state index contributed by atoms with van der Waals surface area (Å²) in [5, 5.41) is 8.08. The summed E-state index contributed by atoms with van der Waals surface area (Å²) in [4.78, 5) is 61.7. The molecule has 1 aromatic rings. The van der Waals surface area contributed by atoms with Crippen molar-refractivity contribution in [2.45, 2.75) is 31.7 Å². The molecular weight excluding hydrogens is 364 g/mol. The number of hydrogen-bond acceptors (Lipinski definition) is 6. The second-order valence-corrected chi connectivity index (χ2v) is 7.17. The first-order chi connectivity index (χ1) is 13.5. The molecule has 1 aromatic carbocycles. The molecule has 0 spiro atoms. The van der Waals surface area contributed by atoms with Gasteiger partial charge in [-0.25, -0.2) is 0 Å². The fourth-order valence-corrected chi connectivity index (χ4v) is 3.53. The molecular formula is C19H20N4O5. The molecule has 9 heteroatoms. The quantitative estimate of drug-likeness (QED) is 0.469. The van der Waals surface area contributed by atoms with Crippen LogP contribution in [0, 0.1) is 5.92 Å². The van der Waals surface area contributed by atoms with E-state index < -0.39 is 29.7 Å². The zero-order chi connectivity index (χ0) is 19.8. The maximum atomic E-state index is 12.9. The van der Waals surface area contributed by atoms with Crippen molar-refractivity contribution < 1.29 is 24.0 Å². The van der Waals surface area contributed by atoms with Gasteiger partial charge in [-0.2, -0.15) is 0 Å². The third kappa shape index (κ3) is 3.23. The minimum Gasteiger partial charge on any atom is -0.383 e. The van der Waals surface area contributed by atoms with Gasteiger partial charge in [-0.15, -0.1) is 0 Å². The number of anilines is 1. The Hall–Kier alpha value is -3.23. The minimum atomic E-state index is -0.990. The number of imide groups is 2. The molecule has 1 saturated carbocycles. The van der Waals surface area contributed by atoms with E-state index in [1.807, 2.05) is 0 Å². The minimum absolute atomic E-state index is 0.0374. The first kappa shape index (κ1) is 18.1. The van der Waals surface area contributed by atoms with Crippen LogP contribution in [-0.4, -0.2) is 53.6 Å². The Kier molecular flexibility index (Phi) is 4.58. The van der Waals surface area contributed by atoms with Crippen LogP contribution in [0.3, 0.4) is 0 Å². The van der Waals surface area contributed by atoms with E-state index in [2.05, 4.69) is 16.0 Å². The van der Waals surface area contributed by atoms with Crippen LogP contribution in [0.15, 0.2) is 18.2 Å². The molecule has 5 amide bonds. The van der Waals surface area contributed by atoms with Crippen molar-refractivity contribution in [3.05, 3.63) is 29.3 Å². The Bertz CT molecular complexity index is 892. The van der Waals surface area contributed by atoms with Gasteiger partial charge in [0.15, 0.2) is 0 Å². The van der Waals surface area contributed by atoms with Gasteiger partial charge in [0.1, 0.15) is 6.04 Å². The van der Waals surface area contributed by atoms with Crippen LogP contribution in [0.1, 0.15) is 46.4 Å². The van der Waals surface area contributed by atoms with Gasteiger partial charge in [0, 0.05) is 31.1 Å². The summed E-state index contributed by atoms with van der Waals surface area (Å²) < 4.78 is 0. The Balaban J connectivity index is 1.47. The van der Waals surface area contributed by atoms with Crippen LogP contribution in [0.5, 0.6) is 0 Å². The van der Waals surface area contributed by atoms with Gasteiger partial charge in [-0.3, -0.25) is 34.2 Å². The molecule has 0 radical (unpaired) electrons. The van der Waals surface area contributed by atoms with Gasteiger partial charge in [-0.05, 0) is 31.4 Å². The monoisotopic (exact) mass is 384 g/mol. The van der Waals surface area contributed by atoms with Crippen molar-refractivity contribution in [3.63, 3.8) is 0 Å². The van der Waals surface area contributed by atoms with Crippen molar-refractivity contribution in [2.75, 3.05) is 18.4 Å². The fourth-order valence-electron chi connectivity index (χ4n) is 3.53. The Morgan fingerprint density at radius 1 is 1.07 bits per heavy atom. The number of nitrogens with one attached hydrogen (secondary N) is 3. The van der Waals surface area contributed by atoms with Gasteiger partial charge in [0.2, 0.25) is 17.7 Å². The Labute approximate surface area is 160 Å². The van der Waals surface area contributed by atoms with Crippen molar-refractivity contribution >= 4 is 35.2 Å². The van der Waals surface area contributed by atoms with E-state index >= 15 is 0 Å². The number of piperidine rings is 1. The van der Waals surface area contributed by atoms with Crippen LogP contribution in [-0.2, 0) is 14.4 Å². The van der Waals surface area contributed by atoms with Crippen molar-refractivity contribution in [1.29, 1.82) is 0 Å². The average Bonchev–Trinajstić information content (AvgIpc) is 3.48. The highest BCUT2D eigenvalue weighted by Gasteiger charge is 2.45. The third-order valence-electron chi connectivity index (χ3n) is 5.16. The molecule has 146 valence electrons. The molecule has 2 heterocycles. The predicted octanol–water partition coefficient (Wildman–Crippen LogP) is 0.0259. The maximum absolute atomic E-state index is 12.9. The fraction of sp³-hybridized carbons (Fsp3) is 0.421. The second-order valence-electron chi connectivity index (χ2n) is 7.17. The summed E-state index contributed by atoms with van der Waals surface area (Å²) in [7, 11) is 0. The number of fused-ring (bicyclic) bond motifs is 1. The molecule has 0 bridgehead atoms. The zero-order valence-corrected chi connectivity index (χ0v) is 15.1. The largest absolute Gasteiger partial charge is 0.383 e. The van der Waals surface area contributed by atoms with Gasteiger partial charge in [0.05, 0.1) is 11.1 Å². The molecule has 1 atom stereocenters. The molecule has 3 N–H and O–H groups in total. The van der Waals surface area contributed by atoms with Crippen molar-refractivity contribution in [2.24, 2.45) is 5.92 Å². The molecule has 1 saturated heterocycles. The number of carbonyl (C=O) groups excluding carboxylic acids is 5. The summed E-state index contributed by atoms with van der Waals surface area (Å²) in [5.41, 5.74) is 0.916. The Morgan fingerprint density at radius 2 is 1.86 bits per heavy atom. The maximum Gasteiger partial charge on any atom is 0.264 e. The lowest BCUT2D eigenvalue weighted by Crippen LogP contribution is -2.54. The van der Waals surface area contributed by atoms with Gasteiger partial charge in [-0.1, -0.05) is 6.07 Å². The molecule has 2 aliphatic heterocycles. The van der Waals surface area contributed by atoms with E-state index in [-0.39, 0.29) is 35.8 Å². The summed E-state index contributed by atoms with van der Waals surface area (Å²) >= 11 is 0. The number of hydrogen-bond donors (Lipinski definition) is 3. The second kappa shape index (κ2) is 7.06. The molecule has 3 aliphatic rings. The predicted molar refractivity (Wildman–Crippen MR) is 97.3 cm³/mol. The molecule has 0 aromatic heterocycles. The zero-order valence-electron chi connectivity index (χ0n) is 15.1. The first-order valence-electron chi connectivity index (χ1n) is 9.33. The van der Waals surface area contributed by atoms with Crippen LogP contribution >= 0.6 is 0 Å². The summed E-state index contributed by atoms with van der Waals surface area (Å²) in [5.74, 6) is -1.98. The Morgan fingerprint density at radius 3 is 2.57 bits per heavy atom. The van der Waals surface area contributed by atoms with Crippen molar-refractivity contribution in [3.8, 4) is 0 Å². The topological polar surface area (TPSA) is 125 Å². The number of benzene rings is 1. The molecule has 9 nitrogen and oxygen atoms in total. The van der Waals surface area contributed by atoms with E-state index in [4.69, 9.17) is 0 Å². The molecule has 2 fully saturated rings. The highest BCUT2D eigenvalue weighted by Crippen LogP contribution is 2.32. The van der Waals surface area contributed by atoms with Crippen molar-refractivity contribution in [1.82, 2.24) is 15.5 Å². The summed E-state index contributed by atoms with van der Waals surface area (Å²) in [6.45, 7) is 0.798. The van der Waals surface area contributed by atoms with Crippen LogP contribution in [0.25, 0.3) is 0 Å². The smallest absolute Gasteiger partial charge is 0.264 e. The first-order valence-corrected chi connectivity index (χ1v) is 9.33. The lowest BCUT2D eigenvalue weighted by atomic mass is 10.0. The lowest BCUT2D eigenvalue weighted by molar-refractivity contribution is -0.136. The molecule has 4 rings (SSSR count). The number of amides is 5. The van der Waals surface area contributed by atoms with Crippen LogP contribution in [0.2, 0.25) is 0 Å². The number of nitrogens with zero attached hydrogens (tertiary/aromatic N) is 1. The highest BCUT2D eigenvalue weighted by molar-refractivity contribution is 6.25. The summed E-state index contributed by atoms with van der Waals surface area (Å²) in [6.07, 6.45) is 2.05. The van der Waals surface area contributed by atoms with E-state index in [9.17, 15) is 24.0 Å². The van der Waals surface area contributed by atoms with E-state index in [1.54, 1.807) is 18.2 Å². The molecule has 1 unspecified atom stereocenters. The van der Waals surface area contributed by atoms with Crippen LogP contribution in [0.4, 0.5) is 5.69 Å². The van der Waals surface area contributed by atoms with E-state index in [0.717, 1.165) is 17.7 Å². The SMILES string of the molecule is O=C1CCC(N2C(=O)c3cccc(NCCNC(=O)C4CC4)c3C2=O)C(=O)N1. The van der Waals surface area contributed by atoms with Crippen LogP contribution < -0.4 is 16.0 Å². The van der Waals surface area contributed by atoms with E-state index in [1.165, 1.54) is 0 Å². The van der Waals surface area contributed by atoms with E-state index in [0.29, 0.717) is 18.8 Å². The van der Waals surface area contributed by atoms with Gasteiger partial charge in [0.25, 0.3) is 11.8 Å². The third-order valence-corrected chi connectivity index (χ3v) is 5.16. The van der Waals surface area contributed by atoms with Gasteiger partial charge >= 0.3 is 0 Å². The summed E-state index contributed by atoms with van der Waals surface area (Å²) in [6, 6.07) is 3.89. The lowest BCUT2D eigenvalue weighted by Gasteiger charge is -2.27. The normalized spacial score (nSPS) is 21.4. The molecule has 28 heavy (non-hydrogen) atoms. The number of rotatable bonds is 6. The highest BCUT2D eigenvalue weighted by atomic mass is 16.2.